The lowest BCUT2D eigenvalue weighted by Gasteiger charge is -2.11. The molecule has 24 heavy (non-hydrogen) atoms. The maximum absolute atomic E-state index is 11.9. The molecule has 0 aliphatic carbocycles. The summed E-state index contributed by atoms with van der Waals surface area (Å²) in [4.78, 5) is 12.7. The molecule has 0 aliphatic heterocycles. The van der Waals surface area contributed by atoms with E-state index in [1.807, 2.05) is 36.4 Å². The molecule has 1 aromatic heterocycles. The molecular formula is C18H15N3O2S. The molecule has 0 radical (unpaired) electrons. The van der Waals surface area contributed by atoms with Crippen molar-refractivity contribution in [3.05, 3.63) is 65.0 Å². The number of benzene rings is 2. The molecule has 0 spiro atoms. The topological polar surface area (TPSA) is 85.2 Å². The van der Waals surface area contributed by atoms with Crippen LogP contribution < -0.4 is 10.6 Å². The van der Waals surface area contributed by atoms with Crippen molar-refractivity contribution in [2.45, 2.75) is 6.10 Å². The van der Waals surface area contributed by atoms with Crippen molar-refractivity contribution < 1.29 is 9.90 Å². The Labute approximate surface area is 143 Å². The lowest BCUT2D eigenvalue weighted by Crippen LogP contribution is -2.32. The fraction of sp³-hybridized carbons (Fsp3) is 0.111. The predicted molar refractivity (Wildman–Crippen MR) is 95.0 cm³/mol. The third kappa shape index (κ3) is 3.71. The Morgan fingerprint density at radius 2 is 1.96 bits per heavy atom. The Balaban J connectivity index is 1.56. The first kappa shape index (κ1) is 16.0. The molecule has 0 fully saturated rings. The average molecular weight is 337 g/mol. The Bertz CT molecular complexity index is 864. The van der Waals surface area contributed by atoms with Gasteiger partial charge in [0.2, 0.25) is 0 Å². The number of nitrogens with one attached hydrogen (secondary N) is 2. The molecule has 120 valence electrons. The van der Waals surface area contributed by atoms with Gasteiger partial charge in [-0.25, -0.2) is 4.79 Å². The first-order valence-electron chi connectivity index (χ1n) is 7.37. The van der Waals surface area contributed by atoms with E-state index >= 15 is 0 Å². The summed E-state index contributed by atoms with van der Waals surface area (Å²) >= 11 is 1.51. The van der Waals surface area contributed by atoms with E-state index in [0.717, 1.165) is 15.0 Å². The van der Waals surface area contributed by atoms with Crippen LogP contribution in [0.4, 0.5) is 10.5 Å². The molecule has 6 heteroatoms. The van der Waals surface area contributed by atoms with Gasteiger partial charge in [-0.1, -0.05) is 18.2 Å². The molecule has 5 nitrogen and oxygen atoms in total. The van der Waals surface area contributed by atoms with Crippen molar-refractivity contribution in [3.63, 3.8) is 0 Å². The molecule has 2 amide bonds. The maximum atomic E-state index is 11.9. The van der Waals surface area contributed by atoms with Crippen molar-refractivity contribution in [1.29, 1.82) is 5.26 Å². The van der Waals surface area contributed by atoms with Crippen LogP contribution in [0.3, 0.4) is 0 Å². The van der Waals surface area contributed by atoms with Gasteiger partial charge in [0.25, 0.3) is 0 Å². The summed E-state index contributed by atoms with van der Waals surface area (Å²) in [5.74, 6) is 0. The molecule has 3 rings (SSSR count). The summed E-state index contributed by atoms with van der Waals surface area (Å²) in [7, 11) is 0. The number of nitrogens with zero attached hydrogens (tertiary/aromatic N) is 1. The van der Waals surface area contributed by atoms with Gasteiger partial charge in [0.15, 0.2) is 0 Å². The highest BCUT2D eigenvalue weighted by atomic mass is 32.1. The highest BCUT2D eigenvalue weighted by molar-refractivity contribution is 7.19. The molecule has 3 N–H and O–H groups in total. The molecule has 2 aromatic carbocycles. The highest BCUT2D eigenvalue weighted by Crippen LogP contribution is 2.29. The van der Waals surface area contributed by atoms with E-state index in [0.29, 0.717) is 11.3 Å². The lowest BCUT2D eigenvalue weighted by molar-refractivity contribution is 0.178. The van der Waals surface area contributed by atoms with E-state index in [1.54, 1.807) is 24.3 Å². The first-order valence-corrected chi connectivity index (χ1v) is 8.19. The molecule has 0 aliphatic rings. The Morgan fingerprint density at radius 1 is 1.21 bits per heavy atom. The second-order valence-electron chi connectivity index (χ2n) is 5.23. The maximum Gasteiger partial charge on any atom is 0.319 e. The van der Waals surface area contributed by atoms with E-state index in [2.05, 4.69) is 10.6 Å². The zero-order chi connectivity index (χ0) is 16.9. The van der Waals surface area contributed by atoms with Crippen molar-refractivity contribution in [2.75, 3.05) is 11.9 Å². The van der Waals surface area contributed by atoms with E-state index in [-0.39, 0.29) is 6.54 Å². The summed E-state index contributed by atoms with van der Waals surface area (Å²) in [5, 5.41) is 25.4. The van der Waals surface area contributed by atoms with Crippen LogP contribution in [0, 0.1) is 11.3 Å². The number of thiophene rings is 1. The van der Waals surface area contributed by atoms with Crippen LogP contribution in [-0.2, 0) is 0 Å². The predicted octanol–water partition coefficient (Wildman–Crippen LogP) is 3.63. The number of hydrogen-bond donors (Lipinski definition) is 3. The fourth-order valence-electron chi connectivity index (χ4n) is 2.26. The summed E-state index contributed by atoms with van der Waals surface area (Å²) < 4.78 is 1.11. The van der Waals surface area contributed by atoms with Crippen molar-refractivity contribution >= 4 is 33.1 Å². The van der Waals surface area contributed by atoms with Crippen molar-refractivity contribution in [1.82, 2.24) is 5.32 Å². The van der Waals surface area contributed by atoms with Crippen molar-refractivity contribution in [3.8, 4) is 6.07 Å². The average Bonchev–Trinajstić information content (AvgIpc) is 3.04. The molecule has 1 heterocycles. The smallest absolute Gasteiger partial charge is 0.319 e. The van der Waals surface area contributed by atoms with Gasteiger partial charge in [0.1, 0.15) is 6.10 Å². The number of aliphatic hydroxyl groups is 1. The van der Waals surface area contributed by atoms with Crippen LogP contribution in [0.15, 0.2) is 54.6 Å². The molecule has 0 saturated heterocycles. The monoisotopic (exact) mass is 337 g/mol. The molecule has 0 saturated carbocycles. The normalized spacial score (nSPS) is 11.7. The largest absolute Gasteiger partial charge is 0.386 e. The molecule has 1 unspecified atom stereocenters. The van der Waals surface area contributed by atoms with Crippen LogP contribution in [0.5, 0.6) is 0 Å². The summed E-state index contributed by atoms with van der Waals surface area (Å²) in [6.07, 6.45) is -0.755. The lowest BCUT2D eigenvalue weighted by atomic mass is 10.2. The highest BCUT2D eigenvalue weighted by Gasteiger charge is 2.12. The van der Waals surface area contributed by atoms with Crippen LogP contribution in [0.1, 0.15) is 16.5 Å². The quantitative estimate of drug-likeness (QED) is 0.679. The zero-order valence-corrected chi connectivity index (χ0v) is 13.5. The number of rotatable bonds is 4. The minimum atomic E-state index is -0.755. The number of anilines is 1. The number of carbonyl (C=O) groups excluding carboxylic acids is 1. The molecule has 0 bridgehead atoms. The number of carbonyl (C=O) groups is 1. The van der Waals surface area contributed by atoms with Gasteiger partial charge in [-0.05, 0) is 41.8 Å². The van der Waals surface area contributed by atoms with Gasteiger partial charge in [0.05, 0.1) is 18.2 Å². The number of hydrogen-bond acceptors (Lipinski definition) is 4. The number of urea groups is 1. The second kappa shape index (κ2) is 7.13. The van der Waals surface area contributed by atoms with Crippen LogP contribution in [0.2, 0.25) is 0 Å². The first-order chi connectivity index (χ1) is 11.7. The summed E-state index contributed by atoms with van der Waals surface area (Å²) in [5.41, 5.74) is 1.11. The number of amides is 2. The third-order valence-electron chi connectivity index (χ3n) is 3.50. The van der Waals surface area contributed by atoms with Crippen LogP contribution >= 0.6 is 11.3 Å². The van der Waals surface area contributed by atoms with E-state index in [9.17, 15) is 9.90 Å². The fourth-order valence-corrected chi connectivity index (χ4v) is 3.31. The number of fused-ring (bicyclic) bond motifs is 1. The summed E-state index contributed by atoms with van der Waals surface area (Å²) in [6.45, 7) is 0.120. The van der Waals surface area contributed by atoms with E-state index in [4.69, 9.17) is 5.26 Å². The number of aliphatic hydroxyl groups excluding tert-OH is 1. The molecule has 1 atom stereocenters. The van der Waals surface area contributed by atoms with Gasteiger partial charge in [-0.15, -0.1) is 11.3 Å². The van der Waals surface area contributed by atoms with E-state index in [1.165, 1.54) is 11.3 Å². The third-order valence-corrected chi connectivity index (χ3v) is 4.72. The molecular weight excluding hydrogens is 322 g/mol. The second-order valence-corrected chi connectivity index (χ2v) is 6.34. The Morgan fingerprint density at radius 3 is 2.67 bits per heavy atom. The Kier molecular flexibility index (Phi) is 4.75. The van der Waals surface area contributed by atoms with Crippen molar-refractivity contribution in [2.24, 2.45) is 0 Å². The standard InChI is InChI=1S/C18H15N3O2S/c19-10-12-5-7-14(8-6-12)21-18(23)20-11-15(22)17-9-13-3-1-2-4-16(13)24-17/h1-9,15,22H,11H2,(H2,20,21,23). The van der Waals surface area contributed by atoms with E-state index < -0.39 is 12.1 Å². The van der Waals surface area contributed by atoms with Gasteiger partial charge in [0, 0.05) is 15.3 Å². The zero-order valence-electron chi connectivity index (χ0n) is 12.7. The van der Waals surface area contributed by atoms with Crippen LogP contribution in [-0.4, -0.2) is 17.7 Å². The van der Waals surface area contributed by atoms with Crippen LogP contribution in [0.25, 0.3) is 10.1 Å². The minimum absolute atomic E-state index is 0.120. The van der Waals surface area contributed by atoms with Gasteiger partial charge < -0.3 is 15.7 Å². The van der Waals surface area contributed by atoms with Gasteiger partial charge in [-0.3, -0.25) is 0 Å². The summed E-state index contributed by atoms with van der Waals surface area (Å²) in [6, 6.07) is 18.0. The number of nitriles is 1. The minimum Gasteiger partial charge on any atom is -0.386 e. The SMILES string of the molecule is N#Cc1ccc(NC(=O)NCC(O)c2cc3ccccc3s2)cc1. The van der Waals surface area contributed by atoms with Gasteiger partial charge in [-0.2, -0.15) is 5.26 Å². The van der Waals surface area contributed by atoms with Gasteiger partial charge >= 0.3 is 6.03 Å². The Hall–Kier alpha value is -2.88. The molecule has 3 aromatic rings.